The van der Waals surface area contributed by atoms with Crippen LogP contribution in [0.25, 0.3) is 11.4 Å². The van der Waals surface area contributed by atoms with Crippen molar-refractivity contribution in [3.05, 3.63) is 72.2 Å². The minimum absolute atomic E-state index is 0.0602. The number of morpholine rings is 1. The van der Waals surface area contributed by atoms with Crippen LogP contribution in [0.15, 0.2) is 65.6 Å². The van der Waals surface area contributed by atoms with Gasteiger partial charge in [0, 0.05) is 18.2 Å². The van der Waals surface area contributed by atoms with Crippen molar-refractivity contribution in [2.24, 2.45) is 0 Å². The van der Waals surface area contributed by atoms with Crippen molar-refractivity contribution in [1.29, 1.82) is 0 Å². The largest absolute Gasteiger partial charge is 0.377 e. The SMILES string of the molecule is C[C@H]1COCCN1c1cc(CS(=O)(=O)c2ccc(F)cc2)nc(-c2ccccc2)n1. The first-order valence-corrected chi connectivity index (χ1v) is 11.3. The molecule has 0 amide bonds. The van der Waals surface area contributed by atoms with Crippen LogP contribution in [0.4, 0.5) is 10.2 Å². The molecule has 0 saturated carbocycles. The van der Waals surface area contributed by atoms with Gasteiger partial charge in [0.2, 0.25) is 0 Å². The third-order valence-electron chi connectivity index (χ3n) is 4.97. The fraction of sp³-hybridized carbons (Fsp3) is 0.273. The van der Waals surface area contributed by atoms with Crippen LogP contribution in [0.2, 0.25) is 0 Å². The summed E-state index contributed by atoms with van der Waals surface area (Å²) in [6, 6.07) is 16.1. The Morgan fingerprint density at radius 2 is 1.83 bits per heavy atom. The minimum Gasteiger partial charge on any atom is -0.377 e. The van der Waals surface area contributed by atoms with E-state index < -0.39 is 15.7 Å². The van der Waals surface area contributed by atoms with E-state index in [1.165, 1.54) is 12.1 Å². The number of ether oxygens (including phenoxy) is 1. The van der Waals surface area contributed by atoms with Gasteiger partial charge in [0.1, 0.15) is 11.6 Å². The van der Waals surface area contributed by atoms with E-state index in [0.29, 0.717) is 37.1 Å². The smallest absolute Gasteiger partial charge is 0.184 e. The van der Waals surface area contributed by atoms with Crippen LogP contribution in [0.3, 0.4) is 0 Å². The molecule has 4 rings (SSSR count). The van der Waals surface area contributed by atoms with Gasteiger partial charge in [0.15, 0.2) is 15.7 Å². The average Bonchev–Trinajstić information content (AvgIpc) is 2.74. The Hall–Kier alpha value is -2.84. The molecule has 1 aromatic heterocycles. The molecule has 0 unspecified atom stereocenters. The van der Waals surface area contributed by atoms with Gasteiger partial charge in [-0.05, 0) is 31.2 Å². The first-order valence-electron chi connectivity index (χ1n) is 9.68. The Morgan fingerprint density at radius 3 is 2.53 bits per heavy atom. The molecule has 2 heterocycles. The van der Waals surface area contributed by atoms with Gasteiger partial charge in [-0.1, -0.05) is 30.3 Å². The molecular weight excluding hydrogens is 405 g/mol. The lowest BCUT2D eigenvalue weighted by atomic mass is 10.2. The van der Waals surface area contributed by atoms with Crippen molar-refractivity contribution in [3.63, 3.8) is 0 Å². The Morgan fingerprint density at radius 1 is 1.10 bits per heavy atom. The summed E-state index contributed by atoms with van der Waals surface area (Å²) in [6.45, 7) is 3.86. The Kier molecular flexibility index (Phi) is 5.78. The van der Waals surface area contributed by atoms with Crippen molar-refractivity contribution < 1.29 is 17.5 Å². The van der Waals surface area contributed by atoms with Gasteiger partial charge in [0.05, 0.1) is 35.6 Å². The third kappa shape index (κ3) is 4.49. The quantitative estimate of drug-likeness (QED) is 0.581. The van der Waals surface area contributed by atoms with Gasteiger partial charge in [-0.2, -0.15) is 0 Å². The van der Waals surface area contributed by atoms with Crippen molar-refractivity contribution in [2.45, 2.75) is 23.6 Å². The number of hydrogen-bond acceptors (Lipinski definition) is 6. The number of rotatable bonds is 5. The molecule has 0 N–H and O–H groups in total. The van der Waals surface area contributed by atoms with E-state index in [0.717, 1.165) is 17.7 Å². The van der Waals surface area contributed by atoms with Gasteiger partial charge in [-0.25, -0.2) is 22.8 Å². The lowest BCUT2D eigenvalue weighted by Crippen LogP contribution is -2.44. The monoisotopic (exact) mass is 427 g/mol. The Balaban J connectivity index is 1.74. The molecule has 6 nitrogen and oxygen atoms in total. The highest BCUT2D eigenvalue weighted by Crippen LogP contribution is 2.25. The number of sulfone groups is 1. The van der Waals surface area contributed by atoms with Crippen molar-refractivity contribution in [1.82, 2.24) is 9.97 Å². The molecule has 0 bridgehead atoms. The van der Waals surface area contributed by atoms with Gasteiger partial charge in [0.25, 0.3) is 0 Å². The zero-order valence-corrected chi connectivity index (χ0v) is 17.3. The Bertz CT molecular complexity index is 1120. The van der Waals surface area contributed by atoms with E-state index in [4.69, 9.17) is 9.72 Å². The van der Waals surface area contributed by atoms with Crippen LogP contribution >= 0.6 is 0 Å². The topological polar surface area (TPSA) is 72.4 Å². The molecule has 3 aromatic rings. The summed E-state index contributed by atoms with van der Waals surface area (Å²) in [6.07, 6.45) is 0. The van der Waals surface area contributed by atoms with Crippen LogP contribution in [-0.4, -0.2) is 44.2 Å². The van der Waals surface area contributed by atoms with E-state index in [1.54, 1.807) is 6.07 Å². The van der Waals surface area contributed by atoms with E-state index in [2.05, 4.69) is 9.88 Å². The first-order chi connectivity index (χ1) is 14.4. The van der Waals surface area contributed by atoms with Gasteiger partial charge < -0.3 is 9.64 Å². The lowest BCUT2D eigenvalue weighted by Gasteiger charge is -2.34. The number of aromatic nitrogens is 2. The molecule has 1 aliphatic heterocycles. The second kappa shape index (κ2) is 8.49. The number of benzene rings is 2. The fourth-order valence-corrected chi connectivity index (χ4v) is 4.66. The van der Waals surface area contributed by atoms with Gasteiger partial charge in [-0.15, -0.1) is 0 Å². The molecule has 30 heavy (non-hydrogen) atoms. The molecule has 8 heteroatoms. The zero-order chi connectivity index (χ0) is 21.1. The van der Waals surface area contributed by atoms with Crippen LogP contribution in [0.1, 0.15) is 12.6 Å². The lowest BCUT2D eigenvalue weighted by molar-refractivity contribution is 0.0985. The molecule has 1 aliphatic rings. The van der Waals surface area contributed by atoms with E-state index >= 15 is 0 Å². The van der Waals surface area contributed by atoms with Crippen molar-refractivity contribution >= 4 is 15.7 Å². The molecule has 0 radical (unpaired) electrons. The third-order valence-corrected chi connectivity index (χ3v) is 6.64. The molecule has 1 saturated heterocycles. The summed E-state index contributed by atoms with van der Waals surface area (Å²) in [5.74, 6) is 0.359. The Labute approximate surface area is 175 Å². The first kappa shape index (κ1) is 20.4. The highest BCUT2D eigenvalue weighted by molar-refractivity contribution is 7.90. The normalized spacial score (nSPS) is 17.1. The van der Waals surface area contributed by atoms with Crippen LogP contribution in [0, 0.1) is 5.82 Å². The predicted octanol–water partition coefficient (Wildman–Crippen LogP) is 3.48. The van der Waals surface area contributed by atoms with Crippen molar-refractivity contribution in [3.8, 4) is 11.4 Å². The molecule has 156 valence electrons. The van der Waals surface area contributed by atoms with Crippen molar-refractivity contribution in [2.75, 3.05) is 24.7 Å². The summed E-state index contributed by atoms with van der Waals surface area (Å²) < 4.78 is 44.5. The summed E-state index contributed by atoms with van der Waals surface area (Å²) in [5.41, 5.74) is 1.20. The summed E-state index contributed by atoms with van der Waals surface area (Å²) in [5, 5.41) is 0. The van der Waals surface area contributed by atoms with Gasteiger partial charge >= 0.3 is 0 Å². The predicted molar refractivity (Wildman–Crippen MR) is 112 cm³/mol. The molecule has 1 atom stereocenters. The summed E-state index contributed by atoms with van der Waals surface area (Å²) >= 11 is 0. The maximum absolute atomic E-state index is 13.2. The summed E-state index contributed by atoms with van der Waals surface area (Å²) in [7, 11) is -3.69. The van der Waals surface area contributed by atoms with Gasteiger partial charge in [-0.3, -0.25) is 0 Å². The standard InChI is InChI=1S/C22H22FN3O3S/c1-16-14-29-12-11-26(16)21-13-19(24-22(25-21)17-5-3-2-4-6-17)15-30(27,28)20-9-7-18(23)8-10-20/h2-10,13,16H,11-12,14-15H2,1H3/t16-/m0/s1. The molecule has 2 aromatic carbocycles. The number of nitrogens with zero attached hydrogens (tertiary/aromatic N) is 3. The molecule has 0 aliphatic carbocycles. The van der Waals surface area contributed by atoms with Crippen LogP contribution < -0.4 is 4.90 Å². The molecular formula is C22H22FN3O3S. The van der Waals surface area contributed by atoms with Crippen LogP contribution in [-0.2, 0) is 20.3 Å². The maximum atomic E-state index is 13.2. The number of hydrogen-bond donors (Lipinski definition) is 0. The molecule has 1 fully saturated rings. The minimum atomic E-state index is -3.69. The molecule has 0 spiro atoms. The van der Waals surface area contributed by atoms with E-state index in [9.17, 15) is 12.8 Å². The van der Waals surface area contributed by atoms with E-state index in [-0.39, 0.29) is 16.7 Å². The van der Waals surface area contributed by atoms with Crippen LogP contribution in [0.5, 0.6) is 0 Å². The average molecular weight is 428 g/mol. The highest BCUT2D eigenvalue weighted by atomic mass is 32.2. The second-order valence-corrected chi connectivity index (χ2v) is 9.23. The summed E-state index contributed by atoms with van der Waals surface area (Å²) in [4.78, 5) is 11.4. The second-order valence-electron chi connectivity index (χ2n) is 7.24. The van der Waals surface area contributed by atoms with E-state index in [1.807, 2.05) is 37.3 Å². The maximum Gasteiger partial charge on any atom is 0.184 e. The fourth-order valence-electron chi connectivity index (χ4n) is 3.41. The number of anilines is 1. The highest BCUT2D eigenvalue weighted by Gasteiger charge is 2.24. The number of halogens is 1. The zero-order valence-electron chi connectivity index (χ0n) is 16.5.